The number of nitrogens with zero attached hydrogens (tertiary/aromatic N) is 4. The normalized spacial score (nSPS) is 12.1. The van der Waals surface area contributed by atoms with Gasteiger partial charge in [0.2, 0.25) is 0 Å². The molecule has 1 aromatic carbocycles. The molecular formula is C12H16N6O2. The van der Waals surface area contributed by atoms with Crippen molar-refractivity contribution in [2.45, 2.75) is 19.1 Å². The summed E-state index contributed by atoms with van der Waals surface area (Å²) >= 11 is 0. The Bertz CT molecular complexity index is 554. The van der Waals surface area contributed by atoms with Crippen molar-refractivity contribution in [1.82, 2.24) is 25.5 Å². The molecule has 0 fully saturated rings. The number of H-pyrrole nitrogens is 1. The number of carbonyl (C=O) groups excluding carboxylic acids is 1. The Labute approximate surface area is 115 Å². The van der Waals surface area contributed by atoms with E-state index in [1.807, 2.05) is 12.1 Å². The zero-order valence-corrected chi connectivity index (χ0v) is 11.0. The van der Waals surface area contributed by atoms with Gasteiger partial charge < -0.3 is 15.7 Å². The fraction of sp³-hybridized carbons (Fsp3) is 0.333. The SMILES string of the molecule is CN(Cc1ccc(C(O)Cc2nn[nH]n2)cc1)C(N)=O. The number of hydrogen-bond acceptors (Lipinski definition) is 5. The van der Waals surface area contributed by atoms with Crippen molar-refractivity contribution in [3.05, 3.63) is 41.2 Å². The number of primary amides is 1. The summed E-state index contributed by atoms with van der Waals surface area (Å²) in [7, 11) is 1.63. The summed E-state index contributed by atoms with van der Waals surface area (Å²) in [5.74, 6) is 0.454. The number of aliphatic hydroxyl groups is 1. The van der Waals surface area contributed by atoms with Gasteiger partial charge in [-0.2, -0.15) is 5.21 Å². The molecule has 8 nitrogen and oxygen atoms in total. The highest BCUT2D eigenvalue weighted by molar-refractivity contribution is 5.71. The number of aromatic amines is 1. The molecule has 1 aromatic heterocycles. The number of hydrogen-bond donors (Lipinski definition) is 3. The molecule has 0 aliphatic heterocycles. The number of nitrogens with one attached hydrogen (secondary N) is 1. The summed E-state index contributed by atoms with van der Waals surface area (Å²) in [6.45, 7) is 0.427. The molecule has 0 saturated carbocycles. The first-order valence-corrected chi connectivity index (χ1v) is 6.06. The number of amides is 2. The minimum Gasteiger partial charge on any atom is -0.388 e. The maximum Gasteiger partial charge on any atom is 0.314 e. The molecule has 2 aromatic rings. The van der Waals surface area contributed by atoms with Gasteiger partial charge in [0.1, 0.15) is 0 Å². The molecule has 20 heavy (non-hydrogen) atoms. The number of nitrogens with two attached hydrogens (primary N) is 1. The number of rotatable bonds is 5. The van der Waals surface area contributed by atoms with Crippen LogP contribution in [0.1, 0.15) is 23.1 Å². The Morgan fingerprint density at radius 2 is 2.15 bits per heavy atom. The van der Waals surface area contributed by atoms with E-state index in [1.54, 1.807) is 19.2 Å². The van der Waals surface area contributed by atoms with E-state index >= 15 is 0 Å². The number of tetrazole rings is 1. The Morgan fingerprint density at radius 3 is 2.70 bits per heavy atom. The van der Waals surface area contributed by atoms with Gasteiger partial charge in [0.25, 0.3) is 0 Å². The van der Waals surface area contributed by atoms with E-state index in [4.69, 9.17) is 5.73 Å². The molecule has 0 bridgehead atoms. The lowest BCUT2D eigenvalue weighted by Gasteiger charge is -2.15. The van der Waals surface area contributed by atoms with Crippen LogP contribution in [0.3, 0.4) is 0 Å². The highest BCUT2D eigenvalue weighted by Crippen LogP contribution is 2.17. The zero-order valence-electron chi connectivity index (χ0n) is 11.0. The van der Waals surface area contributed by atoms with Crippen LogP contribution in [0.25, 0.3) is 0 Å². The summed E-state index contributed by atoms with van der Waals surface area (Å²) in [6.07, 6.45) is -0.410. The zero-order chi connectivity index (χ0) is 14.5. The Balaban J connectivity index is 1.98. The van der Waals surface area contributed by atoms with Crippen LogP contribution in [0.5, 0.6) is 0 Å². The summed E-state index contributed by atoms with van der Waals surface area (Å²) in [6, 6.07) is 6.80. The van der Waals surface area contributed by atoms with E-state index in [9.17, 15) is 9.90 Å². The summed E-state index contributed by atoms with van der Waals surface area (Å²) in [5, 5.41) is 23.4. The second-order valence-corrected chi connectivity index (χ2v) is 4.48. The molecular weight excluding hydrogens is 260 g/mol. The standard InChI is InChI=1S/C12H16N6O2/c1-18(12(13)20)7-8-2-4-9(5-3-8)10(19)6-11-14-16-17-15-11/h2-5,10,19H,6-7H2,1H3,(H2,13,20)(H,14,15,16,17). The number of aromatic nitrogens is 4. The average molecular weight is 276 g/mol. The molecule has 2 rings (SSSR count). The molecule has 1 atom stereocenters. The van der Waals surface area contributed by atoms with Gasteiger partial charge in [-0.15, -0.1) is 10.2 Å². The third kappa shape index (κ3) is 3.51. The molecule has 106 valence electrons. The van der Waals surface area contributed by atoms with Crippen LogP contribution < -0.4 is 5.73 Å². The largest absolute Gasteiger partial charge is 0.388 e. The molecule has 0 spiro atoms. The van der Waals surface area contributed by atoms with Gasteiger partial charge in [-0.1, -0.05) is 29.5 Å². The van der Waals surface area contributed by atoms with E-state index < -0.39 is 12.1 Å². The average Bonchev–Trinajstić information content (AvgIpc) is 2.92. The molecule has 8 heteroatoms. The number of carbonyl (C=O) groups is 1. The van der Waals surface area contributed by atoms with Crippen LogP contribution in [0, 0.1) is 0 Å². The maximum atomic E-state index is 10.9. The molecule has 0 aliphatic carbocycles. The summed E-state index contributed by atoms with van der Waals surface area (Å²) in [5.41, 5.74) is 6.84. The van der Waals surface area contributed by atoms with Crippen molar-refractivity contribution in [3.8, 4) is 0 Å². The van der Waals surface area contributed by atoms with Crippen LogP contribution in [-0.4, -0.2) is 43.7 Å². The van der Waals surface area contributed by atoms with Crippen LogP contribution in [0.15, 0.2) is 24.3 Å². The second kappa shape index (κ2) is 6.11. The molecule has 2 amide bonds. The lowest BCUT2D eigenvalue weighted by molar-refractivity contribution is 0.175. The van der Waals surface area contributed by atoms with Gasteiger partial charge in [0.15, 0.2) is 5.82 Å². The fourth-order valence-corrected chi connectivity index (χ4v) is 1.76. The van der Waals surface area contributed by atoms with E-state index in [0.29, 0.717) is 12.4 Å². The first-order chi connectivity index (χ1) is 9.56. The lowest BCUT2D eigenvalue weighted by atomic mass is 10.0. The van der Waals surface area contributed by atoms with E-state index in [-0.39, 0.29) is 6.42 Å². The summed E-state index contributed by atoms with van der Waals surface area (Å²) < 4.78 is 0. The molecule has 0 aliphatic rings. The van der Waals surface area contributed by atoms with Gasteiger partial charge in [-0.25, -0.2) is 4.79 Å². The monoisotopic (exact) mass is 276 g/mol. The van der Waals surface area contributed by atoms with Gasteiger partial charge >= 0.3 is 6.03 Å². The minimum absolute atomic E-state index is 0.289. The quantitative estimate of drug-likeness (QED) is 0.709. The number of urea groups is 1. The van der Waals surface area contributed by atoms with Crippen molar-refractivity contribution < 1.29 is 9.90 Å². The fourth-order valence-electron chi connectivity index (χ4n) is 1.76. The second-order valence-electron chi connectivity index (χ2n) is 4.48. The van der Waals surface area contributed by atoms with Crippen molar-refractivity contribution in [2.75, 3.05) is 7.05 Å². The molecule has 1 unspecified atom stereocenters. The van der Waals surface area contributed by atoms with Crippen molar-refractivity contribution in [2.24, 2.45) is 5.73 Å². The van der Waals surface area contributed by atoms with Gasteiger partial charge in [-0.3, -0.25) is 0 Å². The highest BCUT2D eigenvalue weighted by Gasteiger charge is 2.12. The van der Waals surface area contributed by atoms with Crippen LogP contribution in [0.4, 0.5) is 4.79 Å². The van der Waals surface area contributed by atoms with Gasteiger partial charge in [0, 0.05) is 20.0 Å². The number of aliphatic hydroxyl groups excluding tert-OH is 1. The Morgan fingerprint density at radius 1 is 1.45 bits per heavy atom. The molecule has 0 saturated heterocycles. The predicted molar refractivity (Wildman–Crippen MR) is 70.3 cm³/mol. The maximum absolute atomic E-state index is 10.9. The third-order valence-electron chi connectivity index (χ3n) is 2.93. The topological polar surface area (TPSA) is 121 Å². The highest BCUT2D eigenvalue weighted by atomic mass is 16.3. The van der Waals surface area contributed by atoms with Crippen LogP contribution >= 0.6 is 0 Å². The van der Waals surface area contributed by atoms with E-state index in [0.717, 1.165) is 11.1 Å². The van der Waals surface area contributed by atoms with Crippen molar-refractivity contribution >= 4 is 6.03 Å². The van der Waals surface area contributed by atoms with Crippen molar-refractivity contribution in [1.29, 1.82) is 0 Å². The molecule has 0 radical (unpaired) electrons. The Hall–Kier alpha value is -2.48. The number of benzene rings is 1. The lowest BCUT2D eigenvalue weighted by Crippen LogP contribution is -2.31. The van der Waals surface area contributed by atoms with Crippen LogP contribution in [-0.2, 0) is 13.0 Å². The van der Waals surface area contributed by atoms with Gasteiger partial charge in [0.05, 0.1) is 6.10 Å². The third-order valence-corrected chi connectivity index (χ3v) is 2.93. The first-order valence-electron chi connectivity index (χ1n) is 6.06. The van der Waals surface area contributed by atoms with E-state index in [2.05, 4.69) is 20.6 Å². The predicted octanol–water partition coefficient (Wildman–Crippen LogP) is -0.0137. The smallest absolute Gasteiger partial charge is 0.314 e. The summed E-state index contributed by atoms with van der Waals surface area (Å²) in [4.78, 5) is 12.3. The first kappa shape index (κ1) is 13.9. The molecule has 1 heterocycles. The van der Waals surface area contributed by atoms with E-state index in [1.165, 1.54) is 4.90 Å². The molecule has 4 N–H and O–H groups in total. The minimum atomic E-state index is -0.699. The van der Waals surface area contributed by atoms with Crippen molar-refractivity contribution in [3.63, 3.8) is 0 Å². The van der Waals surface area contributed by atoms with Crippen LogP contribution in [0.2, 0.25) is 0 Å². The van der Waals surface area contributed by atoms with Gasteiger partial charge in [-0.05, 0) is 11.1 Å². The Kier molecular flexibility index (Phi) is 4.26.